The quantitative estimate of drug-likeness (QED) is 0.871. The summed E-state index contributed by atoms with van der Waals surface area (Å²) in [5, 5.41) is 6.46. The lowest BCUT2D eigenvalue weighted by molar-refractivity contribution is -0.115. The van der Waals surface area contributed by atoms with Gasteiger partial charge in [-0.2, -0.15) is 0 Å². The summed E-state index contributed by atoms with van der Waals surface area (Å²) in [5.41, 5.74) is 0.388. The van der Waals surface area contributed by atoms with Crippen LogP contribution in [0.4, 0.5) is 5.69 Å². The summed E-state index contributed by atoms with van der Waals surface area (Å²) in [6.45, 7) is 0.0895. The van der Waals surface area contributed by atoms with Gasteiger partial charge in [-0.25, -0.2) is 8.42 Å². The third-order valence-electron chi connectivity index (χ3n) is 3.33. The van der Waals surface area contributed by atoms with Gasteiger partial charge in [0.2, 0.25) is 5.91 Å². The molecule has 1 heterocycles. The molecule has 0 radical (unpaired) electrons. The fraction of sp³-hybridized carbons (Fsp3) is 0.462. The first-order chi connectivity index (χ1) is 9.87. The SMILES string of the molecule is O=C(CNC1CCS(=O)(=O)CC1)Nc1c(Cl)cccc1Cl. The molecule has 0 bridgehead atoms. The van der Waals surface area contributed by atoms with Crippen LogP contribution < -0.4 is 10.6 Å². The summed E-state index contributed by atoms with van der Waals surface area (Å²) < 4.78 is 22.6. The Kier molecular flexibility index (Phi) is 5.48. The number of sulfone groups is 1. The lowest BCUT2D eigenvalue weighted by Crippen LogP contribution is -2.41. The summed E-state index contributed by atoms with van der Waals surface area (Å²) in [6.07, 6.45) is 1.06. The van der Waals surface area contributed by atoms with Gasteiger partial charge in [0, 0.05) is 6.04 Å². The number of carbonyl (C=O) groups is 1. The van der Waals surface area contributed by atoms with Gasteiger partial charge in [-0.1, -0.05) is 29.3 Å². The van der Waals surface area contributed by atoms with Crippen LogP contribution in [0.25, 0.3) is 0 Å². The van der Waals surface area contributed by atoms with Crippen LogP contribution >= 0.6 is 23.2 Å². The van der Waals surface area contributed by atoms with E-state index in [1.165, 1.54) is 0 Å². The van der Waals surface area contributed by atoms with Crippen LogP contribution in [0.2, 0.25) is 10.0 Å². The first-order valence-electron chi connectivity index (χ1n) is 6.55. The van der Waals surface area contributed by atoms with E-state index in [0.717, 1.165) is 0 Å². The Bertz CT molecular complexity index is 600. The number of nitrogens with one attached hydrogen (secondary N) is 2. The van der Waals surface area contributed by atoms with Gasteiger partial charge in [0.25, 0.3) is 0 Å². The van der Waals surface area contributed by atoms with Gasteiger partial charge in [-0.3, -0.25) is 4.79 Å². The molecule has 0 unspecified atom stereocenters. The van der Waals surface area contributed by atoms with Crippen molar-refractivity contribution in [3.8, 4) is 0 Å². The number of benzene rings is 1. The Labute approximate surface area is 133 Å². The molecule has 0 saturated carbocycles. The van der Waals surface area contributed by atoms with Crippen molar-refractivity contribution in [3.63, 3.8) is 0 Å². The standard InChI is InChI=1S/C13H16Cl2N2O3S/c14-10-2-1-3-11(15)13(10)17-12(18)8-16-9-4-6-21(19,20)7-5-9/h1-3,9,16H,4-8H2,(H,17,18). The molecule has 0 spiro atoms. The second-order valence-corrected chi connectivity index (χ2v) is 8.07. The molecule has 1 aromatic rings. The van der Waals surface area contributed by atoms with Gasteiger partial charge in [-0.05, 0) is 25.0 Å². The average molecular weight is 351 g/mol. The van der Waals surface area contributed by atoms with E-state index < -0.39 is 9.84 Å². The predicted octanol–water partition coefficient (Wildman–Crippen LogP) is 2.10. The summed E-state index contributed by atoms with van der Waals surface area (Å²) in [6, 6.07) is 5.02. The monoisotopic (exact) mass is 350 g/mol. The largest absolute Gasteiger partial charge is 0.322 e. The van der Waals surface area contributed by atoms with Crippen LogP contribution in [0.15, 0.2) is 18.2 Å². The number of amides is 1. The highest BCUT2D eigenvalue weighted by Gasteiger charge is 2.23. The van der Waals surface area contributed by atoms with Crippen molar-refractivity contribution < 1.29 is 13.2 Å². The van der Waals surface area contributed by atoms with Crippen molar-refractivity contribution in [3.05, 3.63) is 28.2 Å². The number of hydrogen-bond donors (Lipinski definition) is 2. The number of carbonyl (C=O) groups excluding carboxylic acids is 1. The Morgan fingerprint density at radius 1 is 1.19 bits per heavy atom. The van der Waals surface area contributed by atoms with Gasteiger partial charge in [0.15, 0.2) is 0 Å². The van der Waals surface area contributed by atoms with Crippen LogP contribution in [-0.2, 0) is 14.6 Å². The van der Waals surface area contributed by atoms with Crippen molar-refractivity contribution in [1.82, 2.24) is 5.32 Å². The molecule has 2 N–H and O–H groups in total. The molecule has 0 aromatic heterocycles. The molecule has 1 aromatic carbocycles. The number of para-hydroxylation sites is 1. The van der Waals surface area contributed by atoms with Crippen molar-refractivity contribution in [1.29, 1.82) is 0 Å². The van der Waals surface area contributed by atoms with E-state index >= 15 is 0 Å². The molecular weight excluding hydrogens is 335 g/mol. The van der Waals surface area contributed by atoms with Gasteiger partial charge >= 0.3 is 0 Å². The molecule has 116 valence electrons. The predicted molar refractivity (Wildman–Crippen MR) is 84.8 cm³/mol. The highest BCUT2D eigenvalue weighted by atomic mass is 35.5. The fourth-order valence-corrected chi connectivity index (χ4v) is 4.12. The van der Waals surface area contributed by atoms with Crippen LogP contribution in [0.5, 0.6) is 0 Å². The van der Waals surface area contributed by atoms with E-state index in [2.05, 4.69) is 10.6 Å². The second-order valence-electron chi connectivity index (χ2n) is 4.95. The molecule has 0 atom stereocenters. The van der Waals surface area contributed by atoms with Gasteiger partial charge in [-0.15, -0.1) is 0 Å². The number of hydrogen-bond acceptors (Lipinski definition) is 4. The van der Waals surface area contributed by atoms with Crippen molar-refractivity contribution >= 4 is 44.6 Å². The molecule has 2 rings (SSSR count). The lowest BCUT2D eigenvalue weighted by Gasteiger charge is -2.22. The smallest absolute Gasteiger partial charge is 0.238 e. The Morgan fingerprint density at radius 3 is 2.33 bits per heavy atom. The molecule has 21 heavy (non-hydrogen) atoms. The minimum Gasteiger partial charge on any atom is -0.322 e. The van der Waals surface area contributed by atoms with Crippen LogP contribution in [0.1, 0.15) is 12.8 Å². The second kappa shape index (κ2) is 6.96. The van der Waals surface area contributed by atoms with Gasteiger partial charge in [0.1, 0.15) is 9.84 Å². The average Bonchev–Trinajstić information content (AvgIpc) is 2.42. The molecule has 8 heteroatoms. The van der Waals surface area contributed by atoms with E-state index in [1.807, 2.05) is 0 Å². The molecule has 0 aliphatic carbocycles. The van der Waals surface area contributed by atoms with Gasteiger partial charge < -0.3 is 10.6 Å². The molecule has 1 fully saturated rings. The number of anilines is 1. The highest BCUT2D eigenvalue weighted by Crippen LogP contribution is 2.29. The van der Waals surface area contributed by atoms with E-state index in [0.29, 0.717) is 28.6 Å². The third kappa shape index (κ3) is 4.85. The molecule has 1 aliphatic rings. The zero-order valence-corrected chi connectivity index (χ0v) is 13.6. The summed E-state index contributed by atoms with van der Waals surface area (Å²) >= 11 is 11.9. The van der Waals surface area contributed by atoms with Crippen molar-refractivity contribution in [2.45, 2.75) is 18.9 Å². The maximum Gasteiger partial charge on any atom is 0.238 e. The van der Waals surface area contributed by atoms with E-state index in [1.54, 1.807) is 18.2 Å². The Balaban J connectivity index is 1.83. The zero-order chi connectivity index (χ0) is 15.5. The Morgan fingerprint density at radius 2 is 1.76 bits per heavy atom. The number of rotatable bonds is 4. The summed E-state index contributed by atoms with van der Waals surface area (Å²) in [7, 11) is -2.89. The van der Waals surface area contributed by atoms with Gasteiger partial charge in [0.05, 0.1) is 33.8 Å². The topological polar surface area (TPSA) is 75.3 Å². The minimum atomic E-state index is -2.89. The first kappa shape index (κ1) is 16.5. The summed E-state index contributed by atoms with van der Waals surface area (Å²) in [4.78, 5) is 11.9. The minimum absolute atomic E-state index is 0.0426. The maximum absolute atomic E-state index is 11.9. The maximum atomic E-state index is 11.9. The molecule has 5 nitrogen and oxygen atoms in total. The van der Waals surface area contributed by atoms with Crippen LogP contribution in [0, 0.1) is 0 Å². The molecule has 1 saturated heterocycles. The third-order valence-corrected chi connectivity index (χ3v) is 5.68. The molecular formula is C13H16Cl2N2O3S. The number of halogens is 2. The van der Waals surface area contributed by atoms with E-state index in [9.17, 15) is 13.2 Å². The summed E-state index contributed by atoms with van der Waals surface area (Å²) in [5.74, 6) is 0.0732. The van der Waals surface area contributed by atoms with Crippen LogP contribution in [-0.4, -0.2) is 38.4 Å². The highest BCUT2D eigenvalue weighted by molar-refractivity contribution is 7.91. The first-order valence-corrected chi connectivity index (χ1v) is 9.13. The molecule has 1 amide bonds. The van der Waals surface area contributed by atoms with Crippen LogP contribution in [0.3, 0.4) is 0 Å². The molecule has 1 aliphatic heterocycles. The zero-order valence-electron chi connectivity index (χ0n) is 11.2. The normalized spacial score (nSPS) is 18.4. The van der Waals surface area contributed by atoms with Crippen molar-refractivity contribution in [2.24, 2.45) is 0 Å². The Hall–Kier alpha value is -0.820. The lowest BCUT2D eigenvalue weighted by atomic mass is 10.1. The van der Waals surface area contributed by atoms with Crippen molar-refractivity contribution in [2.75, 3.05) is 23.4 Å². The van der Waals surface area contributed by atoms with E-state index in [-0.39, 0.29) is 30.0 Å². The fourth-order valence-electron chi connectivity index (χ4n) is 2.13. The van der Waals surface area contributed by atoms with E-state index in [4.69, 9.17) is 23.2 Å².